The summed E-state index contributed by atoms with van der Waals surface area (Å²) in [6, 6.07) is -0.280. The molecule has 0 spiro atoms. The first kappa shape index (κ1) is 14.4. The number of hydrogen-bond donors (Lipinski definition) is 2. The fourth-order valence-electron chi connectivity index (χ4n) is 1.41. The number of nitrogens with one attached hydrogen (secondary N) is 2. The lowest BCUT2D eigenvalue weighted by atomic mass is 10.3. The van der Waals surface area contributed by atoms with Gasteiger partial charge in [0.25, 0.3) is 0 Å². The van der Waals surface area contributed by atoms with Crippen molar-refractivity contribution in [2.24, 2.45) is 0 Å². The fourth-order valence-corrected chi connectivity index (χ4v) is 1.41. The van der Waals surface area contributed by atoms with Gasteiger partial charge in [0.2, 0.25) is 12.5 Å². The van der Waals surface area contributed by atoms with Gasteiger partial charge in [-0.3, -0.25) is 10.6 Å². The van der Waals surface area contributed by atoms with E-state index < -0.39 is 12.5 Å². The predicted molar refractivity (Wildman–Crippen MR) is 69.5 cm³/mol. The van der Waals surface area contributed by atoms with E-state index in [9.17, 15) is 4.79 Å². The summed E-state index contributed by atoms with van der Waals surface area (Å²) >= 11 is 0. The Morgan fingerprint density at radius 2 is 1.44 bits per heavy atom. The van der Waals surface area contributed by atoms with Crippen molar-refractivity contribution in [3.05, 3.63) is 24.7 Å². The number of unbranched alkanes of at least 4 members (excludes halogenated alkanes) is 2. The molecule has 0 radical (unpaired) electrons. The summed E-state index contributed by atoms with van der Waals surface area (Å²) < 4.78 is 10.8. The standard InChI is InChI=1S/C13H22N2O3/c1-3-5-7-9-17-11-12(15-13(16)14-11)18-10-8-6-4-2/h7-12H,3-6H2,1-2H3,(H2,14,15,16)/b9-7+,10-8+. The zero-order valence-corrected chi connectivity index (χ0v) is 11.0. The van der Waals surface area contributed by atoms with Crippen molar-refractivity contribution in [3.63, 3.8) is 0 Å². The molecule has 1 fully saturated rings. The molecule has 1 aliphatic heterocycles. The van der Waals surface area contributed by atoms with E-state index in [1.165, 1.54) is 0 Å². The SMILES string of the molecule is CCC/C=C/OC1NC(=O)NC1O/C=C/CCC. The van der Waals surface area contributed by atoms with Crippen molar-refractivity contribution in [2.45, 2.75) is 52.0 Å². The Bertz CT molecular complexity index is 275. The lowest BCUT2D eigenvalue weighted by Crippen LogP contribution is -2.35. The van der Waals surface area contributed by atoms with Gasteiger partial charge in [0.05, 0.1) is 12.5 Å². The number of ether oxygens (including phenoxy) is 2. The summed E-state index contributed by atoms with van der Waals surface area (Å²) in [7, 11) is 0. The molecule has 0 aromatic rings. The molecule has 5 nitrogen and oxygen atoms in total. The Labute approximate surface area is 108 Å². The largest absolute Gasteiger partial charge is 0.472 e. The number of carbonyl (C=O) groups excluding carboxylic acids is 1. The molecular formula is C13H22N2O3. The maximum absolute atomic E-state index is 11.2. The van der Waals surface area contributed by atoms with Gasteiger partial charge in [-0.25, -0.2) is 4.79 Å². The minimum absolute atomic E-state index is 0.280. The van der Waals surface area contributed by atoms with Crippen LogP contribution in [0.3, 0.4) is 0 Å². The summed E-state index contributed by atoms with van der Waals surface area (Å²) in [6.07, 6.45) is 10.1. The van der Waals surface area contributed by atoms with Gasteiger partial charge in [0.15, 0.2) is 0 Å². The van der Waals surface area contributed by atoms with Crippen LogP contribution in [-0.2, 0) is 9.47 Å². The topological polar surface area (TPSA) is 59.6 Å². The van der Waals surface area contributed by atoms with Gasteiger partial charge < -0.3 is 9.47 Å². The first-order chi connectivity index (χ1) is 8.77. The van der Waals surface area contributed by atoms with Gasteiger partial charge in [0.1, 0.15) is 0 Å². The summed E-state index contributed by atoms with van der Waals surface area (Å²) in [4.78, 5) is 11.2. The second-order valence-corrected chi connectivity index (χ2v) is 4.05. The lowest BCUT2D eigenvalue weighted by molar-refractivity contribution is 0.000500. The van der Waals surface area contributed by atoms with Gasteiger partial charge in [0, 0.05) is 0 Å². The third kappa shape index (κ3) is 5.12. The molecule has 0 aromatic carbocycles. The second kappa shape index (κ2) is 8.44. The average Bonchev–Trinajstić information content (AvgIpc) is 2.71. The summed E-state index contributed by atoms with van der Waals surface area (Å²) in [5, 5.41) is 5.28. The summed E-state index contributed by atoms with van der Waals surface area (Å²) in [5.74, 6) is 0. The normalized spacial score (nSPS) is 23.3. The third-order valence-electron chi connectivity index (χ3n) is 2.38. The van der Waals surface area contributed by atoms with Crippen LogP contribution in [0.5, 0.6) is 0 Å². The van der Waals surface area contributed by atoms with E-state index >= 15 is 0 Å². The molecule has 1 aliphatic rings. The quantitative estimate of drug-likeness (QED) is 0.655. The second-order valence-electron chi connectivity index (χ2n) is 4.05. The van der Waals surface area contributed by atoms with Crippen LogP contribution in [0.15, 0.2) is 24.7 Å². The van der Waals surface area contributed by atoms with Crippen LogP contribution in [0.1, 0.15) is 39.5 Å². The molecule has 0 aliphatic carbocycles. The molecule has 2 unspecified atom stereocenters. The Morgan fingerprint density at radius 1 is 1.00 bits per heavy atom. The Kier molecular flexibility index (Phi) is 6.76. The van der Waals surface area contributed by atoms with Crippen LogP contribution in [-0.4, -0.2) is 18.5 Å². The summed E-state index contributed by atoms with van der Waals surface area (Å²) in [5.41, 5.74) is 0. The van der Waals surface area contributed by atoms with Crippen molar-refractivity contribution in [1.29, 1.82) is 0 Å². The van der Waals surface area contributed by atoms with Crippen LogP contribution in [0.25, 0.3) is 0 Å². The minimum atomic E-state index is -0.489. The van der Waals surface area contributed by atoms with E-state index in [4.69, 9.17) is 9.47 Å². The molecule has 2 atom stereocenters. The van der Waals surface area contributed by atoms with E-state index in [-0.39, 0.29) is 6.03 Å². The van der Waals surface area contributed by atoms with Gasteiger partial charge in [-0.2, -0.15) is 0 Å². The molecule has 1 rings (SSSR count). The van der Waals surface area contributed by atoms with Crippen LogP contribution in [0.4, 0.5) is 4.79 Å². The lowest BCUT2D eigenvalue weighted by Gasteiger charge is -2.16. The maximum Gasteiger partial charge on any atom is 0.320 e. The molecule has 5 heteroatoms. The number of rotatable bonds is 8. The highest BCUT2D eigenvalue weighted by Crippen LogP contribution is 2.07. The van der Waals surface area contributed by atoms with Crippen LogP contribution < -0.4 is 10.6 Å². The highest BCUT2D eigenvalue weighted by atomic mass is 16.6. The first-order valence-corrected chi connectivity index (χ1v) is 6.45. The molecule has 2 amide bonds. The smallest absolute Gasteiger partial charge is 0.320 e. The number of allylic oxidation sites excluding steroid dienone is 2. The Balaban J connectivity index is 2.36. The minimum Gasteiger partial charge on any atom is -0.472 e. The molecule has 18 heavy (non-hydrogen) atoms. The fraction of sp³-hybridized carbons (Fsp3) is 0.615. The zero-order chi connectivity index (χ0) is 13.2. The molecular weight excluding hydrogens is 232 g/mol. The number of carbonyl (C=O) groups is 1. The van der Waals surface area contributed by atoms with Gasteiger partial charge in [-0.1, -0.05) is 26.7 Å². The third-order valence-corrected chi connectivity index (χ3v) is 2.38. The average molecular weight is 254 g/mol. The van der Waals surface area contributed by atoms with Gasteiger partial charge in [-0.15, -0.1) is 0 Å². The van der Waals surface area contributed by atoms with E-state index in [0.717, 1.165) is 25.7 Å². The molecule has 102 valence electrons. The van der Waals surface area contributed by atoms with Crippen molar-refractivity contribution < 1.29 is 14.3 Å². The van der Waals surface area contributed by atoms with Crippen molar-refractivity contribution in [2.75, 3.05) is 0 Å². The van der Waals surface area contributed by atoms with Gasteiger partial charge >= 0.3 is 6.03 Å². The van der Waals surface area contributed by atoms with Crippen molar-refractivity contribution in [1.82, 2.24) is 10.6 Å². The van der Waals surface area contributed by atoms with Gasteiger partial charge in [-0.05, 0) is 25.0 Å². The van der Waals surface area contributed by atoms with E-state index in [1.54, 1.807) is 12.5 Å². The monoisotopic (exact) mass is 254 g/mol. The van der Waals surface area contributed by atoms with Crippen LogP contribution >= 0.6 is 0 Å². The predicted octanol–water partition coefficient (Wildman–Crippen LogP) is 2.61. The number of hydrogen-bond acceptors (Lipinski definition) is 3. The highest BCUT2D eigenvalue weighted by Gasteiger charge is 2.33. The first-order valence-electron chi connectivity index (χ1n) is 6.45. The van der Waals surface area contributed by atoms with E-state index in [2.05, 4.69) is 24.5 Å². The summed E-state index contributed by atoms with van der Waals surface area (Å²) in [6.45, 7) is 4.18. The number of urea groups is 1. The Hall–Kier alpha value is -1.65. The van der Waals surface area contributed by atoms with Crippen molar-refractivity contribution >= 4 is 6.03 Å². The number of amides is 2. The zero-order valence-electron chi connectivity index (χ0n) is 11.0. The maximum atomic E-state index is 11.2. The molecule has 0 bridgehead atoms. The molecule has 1 heterocycles. The van der Waals surface area contributed by atoms with Crippen LogP contribution in [0.2, 0.25) is 0 Å². The molecule has 1 saturated heterocycles. The Morgan fingerprint density at radius 3 is 1.83 bits per heavy atom. The molecule has 0 aromatic heterocycles. The van der Waals surface area contributed by atoms with E-state index in [0.29, 0.717) is 0 Å². The van der Waals surface area contributed by atoms with Crippen LogP contribution in [0, 0.1) is 0 Å². The van der Waals surface area contributed by atoms with E-state index in [1.807, 2.05) is 12.2 Å². The molecule has 0 saturated carbocycles. The highest BCUT2D eigenvalue weighted by molar-refractivity contribution is 5.76. The van der Waals surface area contributed by atoms with Crippen molar-refractivity contribution in [3.8, 4) is 0 Å². The molecule has 2 N–H and O–H groups in total.